The van der Waals surface area contributed by atoms with E-state index in [0.29, 0.717) is 15.2 Å². The van der Waals surface area contributed by atoms with Crippen molar-refractivity contribution in [3.8, 4) is 5.75 Å². The van der Waals surface area contributed by atoms with Crippen molar-refractivity contribution in [2.45, 2.75) is 0 Å². The summed E-state index contributed by atoms with van der Waals surface area (Å²) in [7, 11) is 0. The van der Waals surface area contributed by atoms with Crippen LogP contribution in [-0.4, -0.2) is 5.11 Å². The first-order valence-electron chi connectivity index (χ1n) is 3.76. The van der Waals surface area contributed by atoms with Gasteiger partial charge in [-0.3, -0.25) is 0 Å². The van der Waals surface area contributed by atoms with Crippen LogP contribution >= 0.6 is 15.9 Å². The van der Waals surface area contributed by atoms with Gasteiger partial charge in [-0.2, -0.15) is 0 Å². The maximum Gasteiger partial charge on any atom is 0.138 e. The molecule has 0 spiro atoms. The van der Waals surface area contributed by atoms with E-state index in [1.807, 2.05) is 0 Å². The molecule has 2 aromatic rings. The molecule has 2 rings (SSSR count). The number of fused-ring (bicyclic) bond motifs is 1. The van der Waals surface area contributed by atoms with Crippen molar-refractivity contribution in [1.82, 2.24) is 0 Å². The standard InChI is InChI=1S/C10H6BrFO/c11-10-7-2-1-3-9(13)6(7)4-5-8(10)12/h1-5,13H. The van der Waals surface area contributed by atoms with Crippen molar-refractivity contribution in [2.24, 2.45) is 0 Å². The molecule has 0 radical (unpaired) electrons. The van der Waals surface area contributed by atoms with Crippen LogP contribution in [0.5, 0.6) is 5.75 Å². The molecule has 0 fully saturated rings. The van der Waals surface area contributed by atoms with E-state index in [-0.39, 0.29) is 11.6 Å². The van der Waals surface area contributed by atoms with Crippen molar-refractivity contribution < 1.29 is 9.50 Å². The molecule has 3 heteroatoms. The van der Waals surface area contributed by atoms with Gasteiger partial charge in [-0.15, -0.1) is 0 Å². The smallest absolute Gasteiger partial charge is 0.138 e. The van der Waals surface area contributed by atoms with E-state index in [1.165, 1.54) is 6.07 Å². The summed E-state index contributed by atoms with van der Waals surface area (Å²) in [6.07, 6.45) is 0. The minimum atomic E-state index is -0.321. The highest BCUT2D eigenvalue weighted by molar-refractivity contribution is 9.10. The Bertz CT molecular complexity index is 468. The van der Waals surface area contributed by atoms with Gasteiger partial charge in [-0.25, -0.2) is 4.39 Å². The zero-order chi connectivity index (χ0) is 9.42. The van der Waals surface area contributed by atoms with Crippen LogP contribution in [0.1, 0.15) is 0 Å². The normalized spacial score (nSPS) is 10.6. The van der Waals surface area contributed by atoms with E-state index in [2.05, 4.69) is 15.9 Å². The lowest BCUT2D eigenvalue weighted by molar-refractivity contribution is 0.481. The van der Waals surface area contributed by atoms with Gasteiger partial charge in [0.05, 0.1) is 4.47 Å². The molecular formula is C10H6BrFO. The number of hydrogen-bond acceptors (Lipinski definition) is 1. The lowest BCUT2D eigenvalue weighted by atomic mass is 10.1. The summed E-state index contributed by atoms with van der Waals surface area (Å²) >= 11 is 3.13. The van der Waals surface area contributed by atoms with E-state index >= 15 is 0 Å². The largest absolute Gasteiger partial charge is 0.507 e. The third kappa shape index (κ3) is 1.29. The monoisotopic (exact) mass is 240 g/mol. The summed E-state index contributed by atoms with van der Waals surface area (Å²) in [5.41, 5.74) is 0. The molecule has 0 aromatic heterocycles. The van der Waals surface area contributed by atoms with Crippen LogP contribution in [0.2, 0.25) is 0 Å². The first-order chi connectivity index (χ1) is 6.20. The number of aromatic hydroxyl groups is 1. The van der Waals surface area contributed by atoms with Gasteiger partial charge < -0.3 is 5.11 Å². The van der Waals surface area contributed by atoms with Crippen molar-refractivity contribution in [2.75, 3.05) is 0 Å². The molecule has 1 N–H and O–H groups in total. The first-order valence-corrected chi connectivity index (χ1v) is 4.55. The molecule has 0 bridgehead atoms. The highest BCUT2D eigenvalue weighted by Gasteiger charge is 2.06. The SMILES string of the molecule is Oc1cccc2c(Br)c(F)ccc12. The Morgan fingerprint density at radius 3 is 2.62 bits per heavy atom. The second kappa shape index (κ2) is 3.00. The molecule has 0 aliphatic carbocycles. The summed E-state index contributed by atoms with van der Waals surface area (Å²) in [6, 6.07) is 7.90. The van der Waals surface area contributed by atoms with E-state index in [4.69, 9.17) is 0 Å². The summed E-state index contributed by atoms with van der Waals surface area (Å²) in [5.74, 6) is -0.156. The Hall–Kier alpha value is -1.09. The number of benzene rings is 2. The van der Waals surface area contributed by atoms with Crippen LogP contribution in [0, 0.1) is 5.82 Å². The fourth-order valence-electron chi connectivity index (χ4n) is 1.28. The molecule has 1 nitrogen and oxygen atoms in total. The minimum absolute atomic E-state index is 0.165. The molecule has 0 unspecified atom stereocenters. The average Bonchev–Trinajstić information content (AvgIpc) is 2.12. The average molecular weight is 241 g/mol. The lowest BCUT2D eigenvalue weighted by Crippen LogP contribution is -1.80. The molecule has 66 valence electrons. The molecule has 0 aliphatic rings. The number of phenols is 1. The van der Waals surface area contributed by atoms with Crippen LogP contribution in [-0.2, 0) is 0 Å². The maximum atomic E-state index is 13.1. The Kier molecular flexibility index (Phi) is 1.96. The van der Waals surface area contributed by atoms with E-state index in [1.54, 1.807) is 24.3 Å². The molecule has 0 atom stereocenters. The van der Waals surface area contributed by atoms with E-state index < -0.39 is 0 Å². The minimum Gasteiger partial charge on any atom is -0.507 e. The van der Waals surface area contributed by atoms with E-state index in [0.717, 1.165) is 0 Å². The van der Waals surface area contributed by atoms with Gasteiger partial charge in [0.15, 0.2) is 0 Å². The Labute approximate surface area is 82.9 Å². The van der Waals surface area contributed by atoms with Crippen LogP contribution in [0.3, 0.4) is 0 Å². The van der Waals surface area contributed by atoms with Crippen LogP contribution in [0.25, 0.3) is 10.8 Å². The topological polar surface area (TPSA) is 20.2 Å². The quantitative estimate of drug-likeness (QED) is 0.748. The molecule has 0 saturated carbocycles. The third-order valence-electron chi connectivity index (χ3n) is 1.93. The summed E-state index contributed by atoms with van der Waals surface area (Å²) in [6.45, 7) is 0. The Morgan fingerprint density at radius 2 is 1.85 bits per heavy atom. The number of halogens is 2. The fraction of sp³-hybridized carbons (Fsp3) is 0. The molecule has 0 saturated heterocycles. The molecule has 0 amide bonds. The number of hydrogen-bond donors (Lipinski definition) is 1. The second-order valence-electron chi connectivity index (χ2n) is 2.73. The molecule has 13 heavy (non-hydrogen) atoms. The van der Waals surface area contributed by atoms with Crippen LogP contribution < -0.4 is 0 Å². The molecule has 2 aromatic carbocycles. The van der Waals surface area contributed by atoms with Gasteiger partial charge in [0, 0.05) is 10.8 Å². The Balaban J connectivity index is 2.94. The predicted octanol–water partition coefficient (Wildman–Crippen LogP) is 3.45. The first kappa shape index (κ1) is 8.51. The van der Waals surface area contributed by atoms with Crippen molar-refractivity contribution in [1.29, 1.82) is 0 Å². The molecule has 0 aliphatic heterocycles. The van der Waals surface area contributed by atoms with E-state index in [9.17, 15) is 9.50 Å². The second-order valence-corrected chi connectivity index (χ2v) is 3.53. The van der Waals surface area contributed by atoms with Gasteiger partial charge >= 0.3 is 0 Å². The van der Waals surface area contributed by atoms with Gasteiger partial charge in [-0.05, 0) is 34.1 Å². The highest BCUT2D eigenvalue weighted by Crippen LogP contribution is 2.31. The lowest BCUT2D eigenvalue weighted by Gasteiger charge is -2.02. The van der Waals surface area contributed by atoms with Gasteiger partial charge in [0.25, 0.3) is 0 Å². The predicted molar refractivity (Wildman–Crippen MR) is 53.3 cm³/mol. The van der Waals surface area contributed by atoms with Crippen molar-refractivity contribution >= 4 is 26.7 Å². The van der Waals surface area contributed by atoms with Crippen molar-refractivity contribution in [3.63, 3.8) is 0 Å². The number of phenolic OH excluding ortho intramolecular Hbond substituents is 1. The van der Waals surface area contributed by atoms with Crippen LogP contribution in [0.4, 0.5) is 4.39 Å². The third-order valence-corrected chi connectivity index (χ3v) is 2.73. The zero-order valence-corrected chi connectivity index (χ0v) is 8.18. The van der Waals surface area contributed by atoms with Crippen LogP contribution in [0.15, 0.2) is 34.8 Å². The maximum absolute atomic E-state index is 13.1. The van der Waals surface area contributed by atoms with Gasteiger partial charge in [-0.1, -0.05) is 12.1 Å². The van der Waals surface area contributed by atoms with Gasteiger partial charge in [0.1, 0.15) is 11.6 Å². The number of rotatable bonds is 0. The highest BCUT2D eigenvalue weighted by atomic mass is 79.9. The van der Waals surface area contributed by atoms with Gasteiger partial charge in [0.2, 0.25) is 0 Å². The zero-order valence-electron chi connectivity index (χ0n) is 6.59. The molecule has 0 heterocycles. The van der Waals surface area contributed by atoms with Crippen molar-refractivity contribution in [3.05, 3.63) is 40.6 Å². The summed E-state index contributed by atoms with van der Waals surface area (Å²) in [4.78, 5) is 0. The molecular weight excluding hydrogens is 235 g/mol. The fourth-order valence-corrected chi connectivity index (χ4v) is 1.76. The summed E-state index contributed by atoms with van der Waals surface area (Å²) in [5, 5.41) is 10.8. The summed E-state index contributed by atoms with van der Waals surface area (Å²) < 4.78 is 13.4. The Morgan fingerprint density at radius 1 is 1.08 bits per heavy atom.